The van der Waals surface area contributed by atoms with Crippen molar-refractivity contribution < 1.29 is 5.11 Å². The van der Waals surface area contributed by atoms with Crippen molar-refractivity contribution in [3.05, 3.63) is 0 Å². The minimum absolute atomic E-state index is 0.0763. The normalized spacial score (nSPS) is 17.1. The number of likely N-dealkylation sites (N-methyl/N-ethyl adjacent to an activating group) is 1. The Bertz CT molecular complexity index is 131. The van der Waals surface area contributed by atoms with Gasteiger partial charge in [-0.25, -0.2) is 0 Å². The summed E-state index contributed by atoms with van der Waals surface area (Å²) in [6.45, 7) is 11.9. The summed E-state index contributed by atoms with van der Waals surface area (Å²) >= 11 is 0. The fourth-order valence-electron chi connectivity index (χ4n) is 1.05. The molecule has 0 rings (SSSR count). The third-order valence-electron chi connectivity index (χ3n) is 1.94. The van der Waals surface area contributed by atoms with Gasteiger partial charge in [0.25, 0.3) is 0 Å². The van der Waals surface area contributed by atoms with E-state index in [1.165, 1.54) is 0 Å². The molecule has 13 heavy (non-hydrogen) atoms. The number of aliphatic hydroxyl groups excluding tert-OH is 1. The molecular weight excluding hydrogens is 164 g/mol. The second-order valence-corrected chi connectivity index (χ2v) is 4.54. The lowest BCUT2D eigenvalue weighted by atomic mass is 10.1. The molecule has 2 unspecified atom stereocenters. The quantitative estimate of drug-likeness (QED) is 0.596. The maximum atomic E-state index is 9.69. The smallest absolute Gasteiger partial charge is 0.0814 e. The van der Waals surface area contributed by atoms with E-state index in [0.717, 1.165) is 6.54 Å². The van der Waals surface area contributed by atoms with Crippen molar-refractivity contribution in [3.63, 3.8) is 0 Å². The highest BCUT2D eigenvalue weighted by atomic mass is 16.3. The van der Waals surface area contributed by atoms with E-state index < -0.39 is 0 Å². The Kier molecular flexibility index (Phi) is 5.53. The van der Waals surface area contributed by atoms with Crippen LogP contribution in [-0.2, 0) is 0 Å². The van der Waals surface area contributed by atoms with Crippen molar-refractivity contribution in [1.82, 2.24) is 10.6 Å². The first-order valence-electron chi connectivity index (χ1n) is 5.03. The molecule has 0 spiro atoms. The zero-order valence-electron chi connectivity index (χ0n) is 9.52. The summed E-state index contributed by atoms with van der Waals surface area (Å²) in [5, 5.41) is 16.1. The van der Waals surface area contributed by atoms with Crippen molar-refractivity contribution in [3.8, 4) is 0 Å². The van der Waals surface area contributed by atoms with Crippen molar-refractivity contribution in [1.29, 1.82) is 0 Å². The van der Waals surface area contributed by atoms with E-state index in [2.05, 4.69) is 31.4 Å². The first-order valence-corrected chi connectivity index (χ1v) is 5.03. The Morgan fingerprint density at radius 2 is 1.85 bits per heavy atom. The van der Waals surface area contributed by atoms with Crippen LogP contribution in [0.5, 0.6) is 0 Å². The van der Waals surface area contributed by atoms with Gasteiger partial charge in [0.05, 0.1) is 6.10 Å². The molecule has 0 heterocycles. The summed E-state index contributed by atoms with van der Waals surface area (Å²) in [6.07, 6.45) is -0.320. The van der Waals surface area contributed by atoms with Crippen molar-refractivity contribution >= 4 is 0 Å². The summed E-state index contributed by atoms with van der Waals surface area (Å²) in [5.74, 6) is 0. The van der Waals surface area contributed by atoms with Crippen molar-refractivity contribution in [2.75, 3.05) is 13.1 Å². The van der Waals surface area contributed by atoms with Crippen LogP contribution >= 0.6 is 0 Å². The van der Waals surface area contributed by atoms with Gasteiger partial charge in [-0.1, -0.05) is 6.92 Å². The lowest BCUT2D eigenvalue weighted by molar-refractivity contribution is 0.125. The molecule has 2 atom stereocenters. The highest BCUT2D eigenvalue weighted by Crippen LogP contribution is 1.99. The molecule has 3 heteroatoms. The minimum Gasteiger partial charge on any atom is -0.390 e. The van der Waals surface area contributed by atoms with Crippen LogP contribution in [0, 0.1) is 0 Å². The predicted octanol–water partition coefficient (Wildman–Crippen LogP) is 0.733. The Hall–Kier alpha value is -0.120. The Morgan fingerprint density at radius 3 is 2.23 bits per heavy atom. The summed E-state index contributed by atoms with van der Waals surface area (Å²) in [6, 6.07) is 0.153. The van der Waals surface area contributed by atoms with Crippen LogP contribution in [0.3, 0.4) is 0 Å². The first-order chi connectivity index (χ1) is 5.87. The van der Waals surface area contributed by atoms with Gasteiger partial charge in [-0.05, 0) is 34.2 Å². The predicted molar refractivity (Wildman–Crippen MR) is 56.9 cm³/mol. The van der Waals surface area contributed by atoms with Gasteiger partial charge in [-0.3, -0.25) is 0 Å². The largest absolute Gasteiger partial charge is 0.390 e. The van der Waals surface area contributed by atoms with E-state index in [9.17, 15) is 5.11 Å². The van der Waals surface area contributed by atoms with E-state index in [4.69, 9.17) is 0 Å². The zero-order chi connectivity index (χ0) is 10.5. The van der Waals surface area contributed by atoms with E-state index in [-0.39, 0.29) is 17.7 Å². The summed E-state index contributed by atoms with van der Waals surface area (Å²) in [4.78, 5) is 0. The molecule has 0 fully saturated rings. The maximum Gasteiger partial charge on any atom is 0.0814 e. The van der Waals surface area contributed by atoms with Gasteiger partial charge < -0.3 is 15.7 Å². The van der Waals surface area contributed by atoms with Crippen molar-refractivity contribution in [2.45, 2.75) is 52.3 Å². The van der Waals surface area contributed by atoms with Gasteiger partial charge in [-0.15, -0.1) is 0 Å². The van der Waals surface area contributed by atoms with Gasteiger partial charge >= 0.3 is 0 Å². The molecule has 0 aliphatic heterocycles. The summed E-state index contributed by atoms with van der Waals surface area (Å²) in [7, 11) is 0. The fraction of sp³-hybridized carbons (Fsp3) is 1.00. The van der Waals surface area contributed by atoms with E-state index >= 15 is 0 Å². The van der Waals surface area contributed by atoms with Crippen LogP contribution in [0.25, 0.3) is 0 Å². The van der Waals surface area contributed by atoms with Crippen LogP contribution in [0.15, 0.2) is 0 Å². The topological polar surface area (TPSA) is 44.3 Å². The standard InChI is InChI=1S/C10H24N2O/c1-6-11-8(2)9(13)7-12-10(3,4)5/h8-9,11-13H,6-7H2,1-5H3. The fourth-order valence-corrected chi connectivity index (χ4v) is 1.05. The van der Waals surface area contributed by atoms with Crippen LogP contribution in [-0.4, -0.2) is 35.9 Å². The highest BCUT2D eigenvalue weighted by Gasteiger charge is 2.16. The zero-order valence-corrected chi connectivity index (χ0v) is 9.52. The lowest BCUT2D eigenvalue weighted by Gasteiger charge is -2.26. The number of β-amino-alcohol motifs (C(OH)–C–C–N with tert-alkyl or cyclic N) is 1. The molecule has 0 aromatic carbocycles. The molecule has 0 aromatic rings. The third kappa shape index (κ3) is 6.99. The summed E-state index contributed by atoms with van der Waals surface area (Å²) < 4.78 is 0. The van der Waals surface area contributed by atoms with Gasteiger partial charge in [0.1, 0.15) is 0 Å². The molecule has 0 saturated carbocycles. The average molecular weight is 188 g/mol. The number of nitrogens with one attached hydrogen (secondary N) is 2. The molecule has 0 saturated heterocycles. The molecule has 0 radical (unpaired) electrons. The molecule has 3 N–H and O–H groups in total. The minimum atomic E-state index is -0.320. The molecule has 0 aliphatic carbocycles. The Balaban J connectivity index is 3.67. The lowest BCUT2D eigenvalue weighted by Crippen LogP contribution is -2.47. The van der Waals surface area contributed by atoms with Crippen LogP contribution in [0.4, 0.5) is 0 Å². The van der Waals surface area contributed by atoms with Crippen LogP contribution < -0.4 is 10.6 Å². The first kappa shape index (κ1) is 12.9. The molecule has 80 valence electrons. The molecule has 0 aromatic heterocycles. The van der Waals surface area contributed by atoms with E-state index in [0.29, 0.717) is 6.54 Å². The monoisotopic (exact) mass is 188 g/mol. The maximum absolute atomic E-state index is 9.69. The van der Waals surface area contributed by atoms with Crippen LogP contribution in [0.1, 0.15) is 34.6 Å². The number of hydrogen-bond donors (Lipinski definition) is 3. The summed E-state index contributed by atoms with van der Waals surface area (Å²) in [5.41, 5.74) is 0.0763. The molecular formula is C10H24N2O. The Morgan fingerprint density at radius 1 is 1.31 bits per heavy atom. The van der Waals surface area contributed by atoms with Gasteiger partial charge in [0.15, 0.2) is 0 Å². The van der Waals surface area contributed by atoms with Gasteiger partial charge in [0, 0.05) is 18.1 Å². The molecule has 3 nitrogen and oxygen atoms in total. The highest BCUT2D eigenvalue weighted by molar-refractivity contribution is 4.77. The van der Waals surface area contributed by atoms with Gasteiger partial charge in [-0.2, -0.15) is 0 Å². The SMILES string of the molecule is CCNC(C)C(O)CNC(C)(C)C. The molecule has 0 bridgehead atoms. The second-order valence-electron chi connectivity index (χ2n) is 4.54. The average Bonchev–Trinajstić information content (AvgIpc) is 1.99. The van der Waals surface area contributed by atoms with E-state index in [1.807, 2.05) is 13.8 Å². The number of aliphatic hydroxyl groups is 1. The van der Waals surface area contributed by atoms with Crippen LogP contribution in [0.2, 0.25) is 0 Å². The number of hydrogen-bond acceptors (Lipinski definition) is 3. The molecule has 0 aliphatic rings. The molecule has 0 amide bonds. The van der Waals surface area contributed by atoms with E-state index in [1.54, 1.807) is 0 Å². The second kappa shape index (κ2) is 5.58. The third-order valence-corrected chi connectivity index (χ3v) is 1.94. The number of rotatable bonds is 5. The van der Waals surface area contributed by atoms with Crippen molar-refractivity contribution in [2.24, 2.45) is 0 Å². The van der Waals surface area contributed by atoms with Gasteiger partial charge in [0.2, 0.25) is 0 Å². The Labute approximate surface area is 81.9 Å².